The number of carbonyl (C=O) groups is 1. The Bertz CT molecular complexity index is 1570. The Morgan fingerprint density at radius 1 is 0.690 bits per heavy atom. The zero-order chi connectivity index (χ0) is 29.0. The minimum absolute atomic E-state index is 0.0976. The van der Waals surface area contributed by atoms with Crippen LogP contribution in [0.25, 0.3) is 0 Å². The van der Waals surface area contributed by atoms with Gasteiger partial charge in [0.15, 0.2) is 23.0 Å². The van der Waals surface area contributed by atoms with Crippen molar-refractivity contribution >= 4 is 29.6 Å². The molecule has 0 aliphatic carbocycles. The van der Waals surface area contributed by atoms with E-state index < -0.39 is 29.8 Å². The first-order valence-corrected chi connectivity index (χ1v) is 14.2. The van der Waals surface area contributed by atoms with E-state index in [-0.39, 0.29) is 40.5 Å². The fourth-order valence-corrected chi connectivity index (χ4v) is 6.21. The second-order valence-corrected chi connectivity index (χ2v) is 11.3. The van der Waals surface area contributed by atoms with Gasteiger partial charge in [0, 0.05) is 51.0 Å². The van der Waals surface area contributed by atoms with E-state index in [4.69, 9.17) is 42.1 Å². The van der Waals surface area contributed by atoms with Crippen molar-refractivity contribution in [3.05, 3.63) is 117 Å². The normalized spacial score (nSPS) is 22.3. The largest absolute Gasteiger partial charge is 0.447 e. The van der Waals surface area contributed by atoms with Crippen LogP contribution in [-0.4, -0.2) is 17.9 Å². The monoisotopic (exact) mass is 609 g/mol. The Labute approximate surface area is 250 Å². The first kappa shape index (κ1) is 26.9. The molecule has 2 atom stereocenters. The number of carbonyl (C=O) groups excluding carboxylic acids is 1. The third-order valence-electron chi connectivity index (χ3n) is 7.98. The van der Waals surface area contributed by atoms with Crippen LogP contribution in [-0.2, 0) is 10.3 Å². The van der Waals surface area contributed by atoms with E-state index in [1.807, 2.05) is 0 Å². The average Bonchev–Trinajstić information content (AvgIpc) is 3.60. The van der Waals surface area contributed by atoms with Crippen molar-refractivity contribution in [3.8, 4) is 23.0 Å². The van der Waals surface area contributed by atoms with Crippen molar-refractivity contribution in [1.82, 2.24) is 4.90 Å². The molecule has 3 aliphatic heterocycles. The Kier molecular flexibility index (Phi) is 6.63. The number of nitrogens with zero attached hydrogens (tertiary/aromatic N) is 1. The molecule has 1 fully saturated rings. The van der Waals surface area contributed by atoms with Crippen LogP contribution in [0.3, 0.4) is 0 Å². The molecule has 1 saturated heterocycles. The lowest BCUT2D eigenvalue weighted by atomic mass is 9.74. The lowest BCUT2D eigenvalue weighted by Crippen LogP contribution is -2.50. The number of hydrogen-bond acceptors (Lipinski definition) is 5. The summed E-state index contributed by atoms with van der Waals surface area (Å²) in [5.41, 5.74) is 0.107. The van der Waals surface area contributed by atoms with Gasteiger partial charge in [-0.3, -0.25) is 4.79 Å². The van der Waals surface area contributed by atoms with Crippen LogP contribution in [0.15, 0.2) is 72.8 Å². The number of likely N-dealkylation sites (tertiary alicyclic amines) is 1. The number of hydrogen-bond donors (Lipinski definition) is 0. The fraction of sp³-hybridized carbons (Fsp3) is 0.219. The summed E-state index contributed by atoms with van der Waals surface area (Å²) in [6, 6.07) is 19.3. The van der Waals surface area contributed by atoms with E-state index in [1.54, 1.807) is 48.5 Å². The molecule has 0 aromatic heterocycles. The van der Waals surface area contributed by atoms with Crippen molar-refractivity contribution in [2.75, 3.05) is 6.54 Å². The van der Waals surface area contributed by atoms with Gasteiger partial charge in [0.05, 0.1) is 5.54 Å². The minimum atomic E-state index is -1.47. The van der Waals surface area contributed by atoms with Gasteiger partial charge in [0.25, 0.3) is 12.6 Å². The van der Waals surface area contributed by atoms with Gasteiger partial charge < -0.3 is 23.8 Å². The number of ether oxygens (including phenoxy) is 4. The summed E-state index contributed by atoms with van der Waals surface area (Å²) in [5.74, 6) is -0.330. The van der Waals surface area contributed by atoms with Gasteiger partial charge in [-0.05, 0) is 55.7 Å². The van der Waals surface area contributed by atoms with Gasteiger partial charge in [-0.25, -0.2) is 8.78 Å². The molecule has 1 amide bonds. The number of amides is 1. The van der Waals surface area contributed by atoms with Crippen LogP contribution in [0.2, 0.25) is 10.0 Å². The maximum Gasteiger partial charge on any atom is 0.267 e. The van der Waals surface area contributed by atoms with Gasteiger partial charge in [-0.1, -0.05) is 47.5 Å². The summed E-state index contributed by atoms with van der Waals surface area (Å²) in [5, 5.41) is 1.11. The second kappa shape index (κ2) is 10.4. The Hall–Kier alpha value is -4.01. The summed E-state index contributed by atoms with van der Waals surface area (Å²) >= 11 is 12.0. The SMILES string of the molecule is O=CN1CCCCC1(c1cc2c(cc1F)OC(c1ccc(Cl)cc1)O2)c1cc2c(cc1F)OC(c1ccc(Cl)cc1)O2. The molecule has 4 aromatic carbocycles. The first-order chi connectivity index (χ1) is 20.4. The molecular formula is C32H23Cl2F2NO5. The maximum atomic E-state index is 16.1. The number of fused-ring (bicyclic) bond motifs is 2. The van der Waals surface area contributed by atoms with Crippen molar-refractivity contribution < 1.29 is 32.5 Å². The Morgan fingerprint density at radius 3 is 1.55 bits per heavy atom. The number of rotatable bonds is 5. The highest BCUT2D eigenvalue weighted by Gasteiger charge is 2.47. The Balaban J connectivity index is 1.30. The highest BCUT2D eigenvalue weighted by atomic mass is 35.5. The third kappa shape index (κ3) is 4.41. The molecule has 7 rings (SSSR count). The predicted molar refractivity (Wildman–Crippen MR) is 151 cm³/mol. The molecule has 3 aliphatic rings. The standard InChI is InChI=1S/C32H23Cl2F2NO5/c33-20-7-3-18(4-8-20)30-39-26-13-22(24(35)15-28(26)41-30)32(11-1-2-12-37(32)17-38)23-14-27-29(16-25(23)36)42-31(40-27)19-5-9-21(34)10-6-19/h3-10,13-17,30-31H,1-2,11-12H2. The van der Waals surface area contributed by atoms with Gasteiger partial charge in [0.2, 0.25) is 6.41 Å². The van der Waals surface area contributed by atoms with Crippen molar-refractivity contribution in [1.29, 1.82) is 0 Å². The van der Waals surface area contributed by atoms with Gasteiger partial charge in [-0.15, -0.1) is 0 Å². The molecular weight excluding hydrogens is 587 g/mol. The minimum Gasteiger partial charge on any atom is -0.447 e. The molecule has 4 aromatic rings. The molecule has 6 nitrogen and oxygen atoms in total. The highest BCUT2D eigenvalue weighted by Crippen LogP contribution is 2.52. The van der Waals surface area contributed by atoms with E-state index >= 15 is 8.78 Å². The van der Waals surface area contributed by atoms with Crippen LogP contribution in [0.4, 0.5) is 8.78 Å². The molecule has 214 valence electrons. The van der Waals surface area contributed by atoms with Gasteiger partial charge >= 0.3 is 0 Å². The smallest absolute Gasteiger partial charge is 0.267 e. The topological polar surface area (TPSA) is 57.2 Å². The maximum absolute atomic E-state index is 16.1. The summed E-state index contributed by atoms with van der Waals surface area (Å²) in [7, 11) is 0. The van der Waals surface area contributed by atoms with Crippen molar-refractivity contribution in [3.63, 3.8) is 0 Å². The molecule has 0 bridgehead atoms. The zero-order valence-electron chi connectivity index (χ0n) is 22.0. The highest BCUT2D eigenvalue weighted by molar-refractivity contribution is 6.30. The summed E-state index contributed by atoms with van der Waals surface area (Å²) < 4.78 is 56.1. The van der Waals surface area contributed by atoms with Crippen LogP contribution in [0.5, 0.6) is 23.0 Å². The third-order valence-corrected chi connectivity index (χ3v) is 8.49. The molecule has 0 radical (unpaired) electrons. The average molecular weight is 610 g/mol. The van der Waals surface area contributed by atoms with E-state index in [0.717, 1.165) is 0 Å². The summed E-state index contributed by atoms with van der Waals surface area (Å²) in [6.45, 7) is 0.312. The van der Waals surface area contributed by atoms with Crippen LogP contribution >= 0.6 is 23.2 Å². The lowest BCUT2D eigenvalue weighted by Gasteiger charge is -2.46. The van der Waals surface area contributed by atoms with Crippen molar-refractivity contribution in [2.24, 2.45) is 0 Å². The van der Waals surface area contributed by atoms with E-state index in [1.165, 1.54) is 29.2 Å². The van der Waals surface area contributed by atoms with E-state index in [2.05, 4.69) is 0 Å². The second-order valence-electron chi connectivity index (χ2n) is 10.4. The van der Waals surface area contributed by atoms with Gasteiger partial charge in [-0.2, -0.15) is 0 Å². The zero-order valence-corrected chi connectivity index (χ0v) is 23.5. The molecule has 3 heterocycles. The number of halogens is 4. The fourth-order valence-electron chi connectivity index (χ4n) is 5.96. The van der Waals surface area contributed by atoms with Crippen molar-refractivity contribution in [2.45, 2.75) is 37.4 Å². The molecule has 0 spiro atoms. The lowest BCUT2D eigenvalue weighted by molar-refractivity contribution is -0.125. The Morgan fingerprint density at radius 2 is 1.12 bits per heavy atom. The number of piperidine rings is 1. The van der Waals surface area contributed by atoms with E-state index in [0.29, 0.717) is 47.0 Å². The molecule has 10 heteroatoms. The van der Waals surface area contributed by atoms with E-state index in [9.17, 15) is 4.79 Å². The summed E-state index contributed by atoms with van der Waals surface area (Å²) in [4.78, 5) is 13.9. The molecule has 2 unspecified atom stereocenters. The molecule has 0 saturated carbocycles. The quantitative estimate of drug-likeness (QED) is 0.214. The predicted octanol–water partition coefficient (Wildman–Crippen LogP) is 8.10. The van der Waals surface area contributed by atoms with Gasteiger partial charge in [0.1, 0.15) is 11.6 Å². The first-order valence-electron chi connectivity index (χ1n) is 13.4. The van der Waals surface area contributed by atoms with Crippen LogP contribution in [0.1, 0.15) is 54.1 Å². The molecule has 42 heavy (non-hydrogen) atoms. The van der Waals surface area contributed by atoms with Crippen LogP contribution < -0.4 is 18.9 Å². The molecule has 0 N–H and O–H groups in total. The number of benzene rings is 4. The summed E-state index contributed by atoms with van der Waals surface area (Å²) in [6.07, 6.45) is 0.607. The van der Waals surface area contributed by atoms with Crippen LogP contribution in [0, 0.1) is 11.6 Å².